The molecule has 2 atom stereocenters. The average Bonchev–Trinajstić information content (AvgIpc) is 3.16. The second-order valence-corrected chi connectivity index (χ2v) is 7.10. The predicted molar refractivity (Wildman–Crippen MR) is 93.5 cm³/mol. The number of nitrogens with zero attached hydrogens (tertiary/aromatic N) is 3. The van der Waals surface area contributed by atoms with Gasteiger partial charge in [-0.15, -0.1) is 0 Å². The highest BCUT2D eigenvalue weighted by Crippen LogP contribution is 2.47. The molecule has 3 heterocycles. The van der Waals surface area contributed by atoms with E-state index in [4.69, 9.17) is 0 Å². The van der Waals surface area contributed by atoms with Gasteiger partial charge in [0.05, 0.1) is 11.4 Å². The van der Waals surface area contributed by atoms with Crippen LogP contribution in [0.25, 0.3) is 0 Å². The smallest absolute Gasteiger partial charge is 0.261 e. The Balaban J connectivity index is 1.59. The van der Waals surface area contributed by atoms with E-state index >= 15 is 0 Å². The van der Waals surface area contributed by atoms with E-state index in [0.29, 0.717) is 5.69 Å². The first kappa shape index (κ1) is 13.8. The highest BCUT2D eigenvalue weighted by molar-refractivity contribution is 8.14. The van der Waals surface area contributed by atoms with Crippen molar-refractivity contribution in [3.63, 3.8) is 0 Å². The van der Waals surface area contributed by atoms with Crippen molar-refractivity contribution in [2.75, 3.05) is 9.80 Å². The Morgan fingerprint density at radius 2 is 1.88 bits per heavy atom. The molecule has 0 N–H and O–H groups in total. The number of amides is 2. The predicted octanol–water partition coefficient (Wildman–Crippen LogP) is 2.59. The number of anilines is 2. The lowest BCUT2D eigenvalue weighted by Gasteiger charge is -2.21. The molecule has 2 amide bonds. The topological polar surface area (TPSA) is 53.0 Å². The number of thioether (sulfide) groups is 1. The van der Waals surface area contributed by atoms with Crippen LogP contribution in [0, 0.1) is 6.92 Å². The summed E-state index contributed by atoms with van der Waals surface area (Å²) in [4.78, 5) is 34.7. The summed E-state index contributed by atoms with van der Waals surface area (Å²) in [6, 6.07) is 14.1. The first-order chi connectivity index (χ1) is 11.6. The molecule has 3 aliphatic rings. The van der Waals surface area contributed by atoms with Crippen molar-refractivity contribution in [2.24, 2.45) is 4.99 Å². The normalized spacial score (nSPS) is 24.1. The maximum absolute atomic E-state index is 13.0. The monoisotopic (exact) mass is 335 g/mol. The maximum atomic E-state index is 13.0. The molecule has 3 aliphatic heterocycles. The minimum absolute atomic E-state index is 0.202. The zero-order chi connectivity index (χ0) is 16.4. The number of hydrogen-bond acceptors (Lipinski definition) is 5. The van der Waals surface area contributed by atoms with E-state index < -0.39 is 12.1 Å². The zero-order valence-electron chi connectivity index (χ0n) is 12.8. The number of rotatable bonds is 1. The molecule has 0 aromatic heterocycles. The number of para-hydroxylation sites is 1. The molecule has 24 heavy (non-hydrogen) atoms. The Labute approximate surface area is 143 Å². The fourth-order valence-electron chi connectivity index (χ4n) is 3.51. The second-order valence-electron chi connectivity index (χ2n) is 6.09. The quantitative estimate of drug-likeness (QED) is 0.752. The van der Waals surface area contributed by atoms with Crippen molar-refractivity contribution in [1.29, 1.82) is 0 Å². The molecular formula is C18H13N3O2S. The highest BCUT2D eigenvalue weighted by atomic mass is 32.2. The largest absolute Gasteiger partial charge is 0.304 e. The number of fused-ring (bicyclic) bond motifs is 5. The van der Waals surface area contributed by atoms with Crippen molar-refractivity contribution in [3.05, 3.63) is 54.1 Å². The first-order valence-corrected chi connectivity index (χ1v) is 8.55. The van der Waals surface area contributed by atoms with Gasteiger partial charge in [-0.3, -0.25) is 9.59 Å². The van der Waals surface area contributed by atoms with E-state index in [2.05, 4.69) is 4.99 Å². The van der Waals surface area contributed by atoms with Gasteiger partial charge in [-0.25, -0.2) is 9.89 Å². The third kappa shape index (κ3) is 1.69. The summed E-state index contributed by atoms with van der Waals surface area (Å²) in [7, 11) is 0. The molecule has 5 rings (SSSR count). The summed E-state index contributed by atoms with van der Waals surface area (Å²) < 4.78 is 0. The van der Waals surface area contributed by atoms with Gasteiger partial charge in [0, 0.05) is 4.90 Å². The minimum atomic E-state index is -0.645. The van der Waals surface area contributed by atoms with Gasteiger partial charge >= 0.3 is 0 Å². The molecule has 118 valence electrons. The molecule has 6 heteroatoms. The SMILES string of the molecule is Cc1cccc(N2C(=O)[C@@H]3N=C4Sc5ccccc5N4[C@H]3C2=O)c1. The molecular weight excluding hydrogens is 322 g/mol. The number of benzene rings is 2. The second kappa shape index (κ2) is 4.70. The standard InChI is InChI=1S/C18H13N3O2S/c1-10-5-4-6-11(9-10)20-16(22)14-15(17(20)23)21-12-7-2-3-8-13(12)24-18(21)19-14/h2-9,14-15H,1H3/t14-,15-/m1/s1. The van der Waals surface area contributed by atoms with Crippen LogP contribution in [0.5, 0.6) is 0 Å². The Morgan fingerprint density at radius 1 is 1.04 bits per heavy atom. The molecule has 0 spiro atoms. The van der Waals surface area contributed by atoms with E-state index in [1.807, 2.05) is 54.3 Å². The van der Waals surface area contributed by atoms with E-state index in [1.54, 1.807) is 6.07 Å². The number of amidine groups is 1. The van der Waals surface area contributed by atoms with E-state index in [-0.39, 0.29) is 11.8 Å². The third-order valence-electron chi connectivity index (χ3n) is 4.57. The Bertz CT molecular complexity index is 939. The van der Waals surface area contributed by atoms with Gasteiger partial charge in [0.1, 0.15) is 6.04 Å². The molecule has 2 aromatic carbocycles. The molecule has 5 nitrogen and oxygen atoms in total. The van der Waals surface area contributed by atoms with Crippen LogP contribution in [-0.4, -0.2) is 29.1 Å². The van der Waals surface area contributed by atoms with Gasteiger partial charge in [0.2, 0.25) is 0 Å². The van der Waals surface area contributed by atoms with Crippen LogP contribution in [0.1, 0.15) is 5.56 Å². The number of imide groups is 1. The number of carbonyl (C=O) groups excluding carboxylic acids is 2. The Hall–Kier alpha value is -2.60. The van der Waals surface area contributed by atoms with Crippen LogP contribution in [0.2, 0.25) is 0 Å². The van der Waals surface area contributed by atoms with Crippen LogP contribution >= 0.6 is 11.8 Å². The van der Waals surface area contributed by atoms with Crippen molar-refractivity contribution >= 4 is 40.1 Å². The van der Waals surface area contributed by atoms with Crippen LogP contribution in [0.3, 0.4) is 0 Å². The molecule has 0 bridgehead atoms. The van der Waals surface area contributed by atoms with Gasteiger partial charge in [0.15, 0.2) is 11.2 Å². The van der Waals surface area contributed by atoms with Gasteiger partial charge in [0.25, 0.3) is 11.8 Å². The maximum Gasteiger partial charge on any atom is 0.261 e. The number of hydrogen-bond donors (Lipinski definition) is 0. The van der Waals surface area contributed by atoms with E-state index in [0.717, 1.165) is 21.3 Å². The molecule has 0 aliphatic carbocycles. The molecule has 1 saturated heterocycles. The zero-order valence-corrected chi connectivity index (χ0v) is 13.7. The van der Waals surface area contributed by atoms with Gasteiger partial charge in [-0.1, -0.05) is 24.3 Å². The molecule has 0 saturated carbocycles. The molecule has 0 radical (unpaired) electrons. The summed E-state index contributed by atoms with van der Waals surface area (Å²) in [6.07, 6.45) is 0. The van der Waals surface area contributed by atoms with Gasteiger partial charge in [-0.2, -0.15) is 0 Å². The third-order valence-corrected chi connectivity index (χ3v) is 5.62. The lowest BCUT2D eigenvalue weighted by molar-refractivity contribution is -0.121. The van der Waals surface area contributed by atoms with Crippen molar-refractivity contribution in [3.8, 4) is 0 Å². The fourth-order valence-corrected chi connectivity index (χ4v) is 4.60. The summed E-state index contributed by atoms with van der Waals surface area (Å²) in [5.41, 5.74) is 2.59. The van der Waals surface area contributed by atoms with Gasteiger partial charge < -0.3 is 4.90 Å². The Kier molecular flexibility index (Phi) is 2.71. The van der Waals surface area contributed by atoms with E-state index in [1.165, 1.54) is 16.7 Å². The summed E-state index contributed by atoms with van der Waals surface area (Å²) in [6.45, 7) is 1.94. The van der Waals surface area contributed by atoms with Crippen LogP contribution in [0.4, 0.5) is 11.4 Å². The number of aryl methyl sites for hydroxylation is 1. The molecule has 0 unspecified atom stereocenters. The van der Waals surface area contributed by atoms with Crippen LogP contribution in [0.15, 0.2) is 58.4 Å². The fraction of sp³-hybridized carbons (Fsp3) is 0.167. The van der Waals surface area contributed by atoms with Crippen LogP contribution in [-0.2, 0) is 9.59 Å². The van der Waals surface area contributed by atoms with Gasteiger partial charge in [-0.05, 0) is 48.5 Å². The highest BCUT2D eigenvalue weighted by Gasteiger charge is 2.57. The summed E-state index contributed by atoms with van der Waals surface area (Å²) >= 11 is 1.52. The number of carbonyl (C=O) groups is 2. The van der Waals surface area contributed by atoms with Crippen molar-refractivity contribution in [1.82, 2.24) is 0 Å². The molecule has 1 fully saturated rings. The van der Waals surface area contributed by atoms with Crippen molar-refractivity contribution in [2.45, 2.75) is 23.9 Å². The number of aliphatic imine (C=N–C) groups is 1. The summed E-state index contributed by atoms with van der Waals surface area (Å²) in [5.74, 6) is -0.442. The van der Waals surface area contributed by atoms with Crippen LogP contribution < -0.4 is 9.80 Å². The Morgan fingerprint density at radius 3 is 2.71 bits per heavy atom. The lowest BCUT2D eigenvalue weighted by atomic mass is 10.1. The lowest BCUT2D eigenvalue weighted by Crippen LogP contribution is -2.42. The van der Waals surface area contributed by atoms with E-state index in [9.17, 15) is 9.59 Å². The minimum Gasteiger partial charge on any atom is -0.304 e. The average molecular weight is 335 g/mol. The summed E-state index contributed by atoms with van der Waals surface area (Å²) in [5, 5.41) is 0.747. The molecule has 2 aromatic rings. The van der Waals surface area contributed by atoms with Crippen molar-refractivity contribution < 1.29 is 9.59 Å². The first-order valence-electron chi connectivity index (χ1n) is 7.73.